The van der Waals surface area contributed by atoms with Crippen LogP contribution in [-0.4, -0.2) is 5.71 Å². The molecule has 0 fully saturated rings. The second kappa shape index (κ2) is 8.88. The second-order valence-corrected chi connectivity index (χ2v) is 8.67. The Morgan fingerprint density at radius 3 is 1.82 bits per heavy atom. The molecule has 0 saturated carbocycles. The van der Waals surface area contributed by atoms with E-state index in [0.29, 0.717) is 0 Å². The van der Waals surface area contributed by atoms with Crippen LogP contribution in [-0.2, 0) is 5.41 Å². The highest BCUT2D eigenvalue weighted by atomic mass is 14.8. The van der Waals surface area contributed by atoms with E-state index in [9.17, 15) is 0 Å². The van der Waals surface area contributed by atoms with Gasteiger partial charge in [-0.1, -0.05) is 127 Å². The van der Waals surface area contributed by atoms with Crippen molar-refractivity contribution in [3.8, 4) is 11.1 Å². The maximum atomic E-state index is 5.13. The van der Waals surface area contributed by atoms with Crippen molar-refractivity contribution in [1.82, 2.24) is 0 Å². The van der Waals surface area contributed by atoms with Crippen molar-refractivity contribution < 1.29 is 0 Å². The lowest BCUT2D eigenvalue weighted by Crippen LogP contribution is -2.06. The number of hydrogen-bond donors (Lipinski definition) is 0. The Hall–Kier alpha value is -3.97. The quantitative estimate of drug-likeness (QED) is 0.219. The third kappa shape index (κ3) is 4.63. The number of aryl methyl sites for hydroxylation is 1. The minimum absolute atomic E-state index is 0.165. The van der Waals surface area contributed by atoms with Crippen molar-refractivity contribution in [3.05, 3.63) is 150 Å². The number of allylic oxidation sites excluding steroid dienone is 3. The second-order valence-electron chi connectivity index (χ2n) is 8.67. The Morgan fingerprint density at radius 1 is 0.636 bits per heavy atom. The molecular formula is C32H27N. The lowest BCUT2D eigenvalue weighted by Gasteiger charge is -2.15. The molecule has 0 spiro atoms. The molecular weight excluding hydrogens is 398 g/mol. The molecule has 1 nitrogen and oxygen atoms in total. The standard InChI is InChI=1S/C32H27N/c1-24-13-19-30(20-14-24)32(21-22-32)23-31(33-25(2)26-9-5-3-6-10-26)29-17-15-28(16-18-29)27-11-7-4-8-12-27/h3-23H,1-2H3/b31-23-,33-25?. The predicted octanol–water partition coefficient (Wildman–Crippen LogP) is 8.02. The van der Waals surface area contributed by atoms with E-state index in [4.69, 9.17) is 4.99 Å². The van der Waals surface area contributed by atoms with Gasteiger partial charge in [-0.2, -0.15) is 0 Å². The first-order valence-corrected chi connectivity index (χ1v) is 11.4. The van der Waals surface area contributed by atoms with Crippen LogP contribution in [0.25, 0.3) is 16.8 Å². The van der Waals surface area contributed by atoms with E-state index < -0.39 is 0 Å². The molecule has 33 heavy (non-hydrogen) atoms. The van der Waals surface area contributed by atoms with Crippen LogP contribution in [0.1, 0.15) is 29.2 Å². The fourth-order valence-electron chi connectivity index (χ4n) is 4.10. The molecule has 0 saturated heterocycles. The van der Waals surface area contributed by atoms with Gasteiger partial charge in [-0.3, -0.25) is 4.99 Å². The summed E-state index contributed by atoms with van der Waals surface area (Å²) in [4.78, 5) is 5.13. The minimum atomic E-state index is -0.165. The summed E-state index contributed by atoms with van der Waals surface area (Å²) in [6, 6.07) is 38.4. The van der Waals surface area contributed by atoms with Crippen molar-refractivity contribution >= 4 is 11.4 Å². The molecule has 1 aliphatic carbocycles. The molecule has 1 aliphatic rings. The summed E-state index contributed by atoms with van der Waals surface area (Å²) in [5.74, 6) is 0. The summed E-state index contributed by atoms with van der Waals surface area (Å²) < 4.78 is 0. The Labute approximate surface area is 196 Å². The monoisotopic (exact) mass is 425 g/mol. The fourth-order valence-corrected chi connectivity index (χ4v) is 4.10. The first-order chi connectivity index (χ1) is 16.1. The van der Waals surface area contributed by atoms with E-state index in [2.05, 4.69) is 129 Å². The molecule has 4 aromatic rings. The van der Waals surface area contributed by atoms with Crippen LogP contribution in [0.15, 0.2) is 132 Å². The molecule has 0 bridgehead atoms. The normalized spacial score (nSPS) is 14.8. The van der Waals surface area contributed by atoms with Crippen molar-refractivity contribution in [2.24, 2.45) is 4.99 Å². The molecule has 0 aromatic heterocycles. The van der Waals surface area contributed by atoms with Crippen molar-refractivity contribution in [3.63, 3.8) is 0 Å². The zero-order chi connectivity index (χ0) is 22.7. The van der Waals surface area contributed by atoms with E-state index >= 15 is 0 Å². The average Bonchev–Trinajstić information content (AvgIpc) is 3.66. The summed E-state index contributed by atoms with van der Waals surface area (Å²) >= 11 is 0. The van der Waals surface area contributed by atoms with Gasteiger partial charge in [-0.15, -0.1) is 0 Å². The topological polar surface area (TPSA) is 12.4 Å². The lowest BCUT2D eigenvalue weighted by molar-refractivity contribution is 0.981. The largest absolute Gasteiger partial charge is 0.253 e. The number of aliphatic imine (C=N–C) groups is 1. The van der Waals surface area contributed by atoms with Crippen LogP contribution in [0, 0.1) is 6.92 Å². The van der Waals surface area contributed by atoms with Crippen LogP contribution in [0.2, 0.25) is 0 Å². The van der Waals surface area contributed by atoms with Crippen LogP contribution in [0.5, 0.6) is 0 Å². The highest BCUT2D eigenvalue weighted by Gasteiger charge is 2.34. The fraction of sp³-hybridized carbons (Fsp3) is 0.0938. The highest BCUT2D eigenvalue weighted by Crippen LogP contribution is 2.42. The average molecular weight is 426 g/mol. The Balaban J connectivity index is 1.56. The minimum Gasteiger partial charge on any atom is -0.253 e. The van der Waals surface area contributed by atoms with Gasteiger partial charge in [0.1, 0.15) is 0 Å². The van der Waals surface area contributed by atoms with Crippen molar-refractivity contribution in [1.29, 1.82) is 0 Å². The van der Waals surface area contributed by atoms with Crippen LogP contribution < -0.4 is 0 Å². The molecule has 0 atom stereocenters. The van der Waals surface area contributed by atoms with E-state index in [1.165, 1.54) is 22.3 Å². The summed E-state index contributed by atoms with van der Waals surface area (Å²) in [7, 11) is 0. The van der Waals surface area contributed by atoms with Gasteiger partial charge >= 0.3 is 0 Å². The number of rotatable bonds is 6. The molecule has 0 unspecified atom stereocenters. The van der Waals surface area contributed by atoms with Crippen LogP contribution in [0.4, 0.5) is 0 Å². The number of benzene rings is 4. The van der Waals surface area contributed by atoms with E-state index in [-0.39, 0.29) is 5.41 Å². The Bertz CT molecular complexity index is 1320. The SMILES string of the molecule is CC(=N/C(=C\C1(c2ccc(C)cc2)C=C1)c1ccc(-c2ccccc2)cc1)c1ccccc1. The molecule has 0 heterocycles. The number of nitrogens with zero attached hydrogens (tertiary/aromatic N) is 1. The maximum Gasteiger partial charge on any atom is 0.0680 e. The molecule has 0 aliphatic heterocycles. The Morgan fingerprint density at radius 2 is 1.21 bits per heavy atom. The summed E-state index contributed by atoms with van der Waals surface area (Å²) in [6.45, 7) is 4.21. The van der Waals surface area contributed by atoms with Gasteiger partial charge in [-0.25, -0.2) is 0 Å². The number of hydrogen-bond acceptors (Lipinski definition) is 1. The zero-order valence-corrected chi connectivity index (χ0v) is 19.1. The first-order valence-electron chi connectivity index (χ1n) is 11.4. The molecule has 4 aromatic carbocycles. The summed E-state index contributed by atoms with van der Waals surface area (Å²) in [6.07, 6.45) is 6.80. The highest BCUT2D eigenvalue weighted by molar-refractivity contribution is 6.02. The summed E-state index contributed by atoms with van der Waals surface area (Å²) in [5, 5.41) is 0. The lowest BCUT2D eigenvalue weighted by atomic mass is 9.90. The van der Waals surface area contributed by atoms with Gasteiger partial charge in [0.05, 0.1) is 11.1 Å². The van der Waals surface area contributed by atoms with Gasteiger partial charge in [0.2, 0.25) is 0 Å². The Kier molecular flexibility index (Phi) is 5.62. The third-order valence-electron chi connectivity index (χ3n) is 6.22. The van der Waals surface area contributed by atoms with Gasteiger partial charge in [0.25, 0.3) is 0 Å². The van der Waals surface area contributed by atoms with Gasteiger partial charge in [0, 0.05) is 5.71 Å². The van der Waals surface area contributed by atoms with E-state index in [0.717, 1.165) is 22.5 Å². The molecule has 1 heteroatoms. The van der Waals surface area contributed by atoms with Crippen molar-refractivity contribution in [2.45, 2.75) is 19.3 Å². The third-order valence-corrected chi connectivity index (χ3v) is 6.22. The molecule has 5 rings (SSSR count). The van der Waals surface area contributed by atoms with Crippen LogP contribution in [0.3, 0.4) is 0 Å². The smallest absolute Gasteiger partial charge is 0.0680 e. The maximum absolute atomic E-state index is 5.13. The van der Waals surface area contributed by atoms with Gasteiger partial charge in [0.15, 0.2) is 0 Å². The van der Waals surface area contributed by atoms with E-state index in [1.807, 2.05) is 12.1 Å². The molecule has 0 amide bonds. The predicted molar refractivity (Wildman–Crippen MR) is 141 cm³/mol. The summed E-state index contributed by atoms with van der Waals surface area (Å²) in [5.41, 5.74) is 9.06. The molecule has 160 valence electrons. The van der Waals surface area contributed by atoms with Crippen molar-refractivity contribution in [2.75, 3.05) is 0 Å². The van der Waals surface area contributed by atoms with Crippen LogP contribution >= 0.6 is 0 Å². The molecule has 0 radical (unpaired) electrons. The van der Waals surface area contributed by atoms with Gasteiger partial charge < -0.3 is 0 Å². The first kappa shape index (κ1) is 20.9. The molecule has 0 N–H and O–H groups in total. The van der Waals surface area contributed by atoms with Gasteiger partial charge in [-0.05, 0) is 47.7 Å². The zero-order valence-electron chi connectivity index (χ0n) is 19.1. The van der Waals surface area contributed by atoms with E-state index in [1.54, 1.807) is 0 Å².